The smallest absolute Gasteiger partial charge is 1.00 e. The van der Waals surface area contributed by atoms with Gasteiger partial charge in [-0.05, 0) is 64.2 Å². The molecule has 2 saturated carbocycles. The van der Waals surface area contributed by atoms with E-state index in [2.05, 4.69) is 10.2 Å². The van der Waals surface area contributed by atoms with Crippen LogP contribution >= 0.6 is 0 Å². The van der Waals surface area contributed by atoms with Crippen LogP contribution < -0.4 is 30.3 Å². The molecule has 37 heavy (non-hydrogen) atoms. The summed E-state index contributed by atoms with van der Waals surface area (Å²) in [6.45, 7) is 1.81. The first-order chi connectivity index (χ1) is 17.6. The molecule has 2 fully saturated rings. The van der Waals surface area contributed by atoms with Crippen LogP contribution in [0.3, 0.4) is 0 Å². The fourth-order valence-electron chi connectivity index (χ4n) is 4.89. The number of anilines is 2. The minimum atomic E-state index is -2.64. The van der Waals surface area contributed by atoms with Gasteiger partial charge in [0.1, 0.15) is 5.78 Å². The van der Waals surface area contributed by atoms with E-state index in [0.29, 0.717) is 5.92 Å². The number of nitrogens with zero attached hydrogens (tertiary/aromatic N) is 4. The molecule has 0 unspecified atom stereocenters. The fraction of sp³-hybridized carbons (Fsp3) is 0.696. The molecule has 2 aliphatic rings. The van der Waals surface area contributed by atoms with Gasteiger partial charge >= 0.3 is 18.9 Å². The first-order valence-electron chi connectivity index (χ1n) is 13.0. The van der Waals surface area contributed by atoms with Crippen molar-refractivity contribution in [3.05, 3.63) is 23.8 Å². The molecule has 0 amide bonds. The molecule has 8 nitrogen and oxygen atoms in total. The summed E-state index contributed by atoms with van der Waals surface area (Å²) in [6.07, 6.45) is 4.39. The Hall–Kier alpha value is -1.97. The standard InChI is InChI=1S/C12H17F2N3O.C11H17F2N3O.B.Li.H2.H/c1-7(18)8-2-4-9(5-3-8)17-6-10(15)11(16-17)12(13)14;12-11(13)10-9(14)5-16(15-10)8-3-1-7(6-17)2-4-8;;;;/h6,8-9,12H,2-5,15H2,1H3;5,7-8,11,17H,1-4,6,14H2;;;1H;/q;;;+1;;-1/i;;;;1+2D;. The Morgan fingerprint density at radius 3 is 1.68 bits per heavy atom. The maximum absolute atomic E-state index is 12.6. The topological polar surface area (TPSA) is 125 Å². The summed E-state index contributed by atoms with van der Waals surface area (Å²) >= 11 is 0. The van der Waals surface area contributed by atoms with Gasteiger partial charge in [0.05, 0.1) is 23.5 Å². The zero-order chi connectivity index (χ0) is 27.7. The van der Waals surface area contributed by atoms with Crippen molar-refractivity contribution in [1.82, 2.24) is 19.6 Å². The van der Waals surface area contributed by atoms with Crippen molar-refractivity contribution in [3.8, 4) is 0 Å². The Morgan fingerprint density at radius 2 is 1.38 bits per heavy atom. The minimum absolute atomic E-state index is 0. The van der Waals surface area contributed by atoms with Crippen molar-refractivity contribution in [2.75, 3.05) is 18.1 Å². The van der Waals surface area contributed by atoms with Crippen LogP contribution in [0.5, 0.6) is 0 Å². The van der Waals surface area contributed by atoms with Crippen LogP contribution in [0.1, 0.15) is 99.0 Å². The second kappa shape index (κ2) is 14.8. The van der Waals surface area contributed by atoms with Gasteiger partial charge in [0.15, 0.2) is 11.4 Å². The van der Waals surface area contributed by atoms with Gasteiger partial charge in [0, 0.05) is 36.3 Å². The van der Waals surface area contributed by atoms with Crippen molar-refractivity contribution in [2.45, 2.75) is 83.2 Å². The molecule has 4 rings (SSSR count). The summed E-state index contributed by atoms with van der Waals surface area (Å²) in [5, 5.41) is 16.7. The number of ketones is 1. The van der Waals surface area contributed by atoms with Crippen LogP contribution in [0.25, 0.3) is 0 Å². The van der Waals surface area contributed by atoms with Gasteiger partial charge in [0.2, 0.25) is 0 Å². The number of carbonyl (C=O) groups is 1. The quantitative estimate of drug-likeness (QED) is 0.390. The van der Waals surface area contributed by atoms with Crippen molar-refractivity contribution >= 4 is 25.6 Å². The monoisotopic (exact) mass is 526 g/mol. The number of aliphatic hydroxyl groups is 1. The van der Waals surface area contributed by atoms with Gasteiger partial charge in [0.25, 0.3) is 12.9 Å². The molecule has 2 aliphatic carbocycles. The predicted octanol–water partition coefficient (Wildman–Crippen LogP) is 1.83. The van der Waals surface area contributed by atoms with Gasteiger partial charge in [-0.1, -0.05) is 0 Å². The molecular formula is C23H37BF4LiN6O2. The second-order valence-electron chi connectivity index (χ2n) is 9.47. The van der Waals surface area contributed by atoms with Gasteiger partial charge in [-0.3, -0.25) is 14.2 Å². The number of rotatable bonds is 6. The van der Waals surface area contributed by atoms with E-state index in [9.17, 15) is 22.4 Å². The Labute approximate surface area is 232 Å². The Kier molecular flexibility index (Phi) is 12.5. The molecule has 5 N–H and O–H groups in total. The first-order valence-corrected chi connectivity index (χ1v) is 12.0. The van der Waals surface area contributed by atoms with Crippen LogP contribution in [0.15, 0.2) is 12.4 Å². The third kappa shape index (κ3) is 8.52. The van der Waals surface area contributed by atoms with Gasteiger partial charge < -0.3 is 18.0 Å². The number of nitrogens with two attached hydrogens (primary N) is 2. The Balaban J connectivity index is 0. The van der Waals surface area contributed by atoms with E-state index in [0.717, 1.165) is 51.4 Å². The van der Waals surface area contributed by atoms with Crippen LogP contribution in [-0.4, -0.2) is 45.5 Å². The van der Waals surface area contributed by atoms with E-state index in [1.54, 1.807) is 11.6 Å². The summed E-state index contributed by atoms with van der Waals surface area (Å²) in [6, 6.07) is 0.211. The average Bonchev–Trinajstić information content (AvgIpc) is 3.48. The summed E-state index contributed by atoms with van der Waals surface area (Å²) in [7, 11) is 0. The number of halogens is 4. The maximum Gasteiger partial charge on any atom is 1.00 e. The number of carbonyl (C=O) groups excluding carboxylic acids is 1. The molecule has 0 aliphatic heterocycles. The zero-order valence-electron chi connectivity index (χ0n) is 24.4. The van der Waals surface area contributed by atoms with Crippen molar-refractivity contribution < 1.29 is 50.7 Å². The van der Waals surface area contributed by atoms with E-state index in [4.69, 9.17) is 19.5 Å². The number of aliphatic hydroxyl groups excluding tert-OH is 1. The number of hydrogen-bond donors (Lipinski definition) is 3. The molecule has 2 aromatic heterocycles. The largest absolute Gasteiger partial charge is 1.00 e. The molecule has 14 heteroatoms. The maximum atomic E-state index is 12.6. The molecule has 2 aromatic rings. The molecule has 3 radical (unpaired) electrons. The third-order valence-corrected chi connectivity index (χ3v) is 7.09. The Morgan fingerprint density at radius 1 is 1.00 bits per heavy atom. The third-order valence-electron chi connectivity index (χ3n) is 7.09. The van der Waals surface area contributed by atoms with Gasteiger partial charge in [-0.2, -0.15) is 10.2 Å². The molecular weight excluding hydrogens is 486 g/mol. The van der Waals surface area contributed by atoms with Crippen LogP contribution in [0.2, 0.25) is 0 Å². The van der Waals surface area contributed by atoms with E-state index in [-0.39, 0.29) is 81.9 Å². The number of aromatic nitrogens is 4. The molecule has 0 saturated heterocycles. The molecule has 0 bridgehead atoms. The van der Waals surface area contributed by atoms with Crippen molar-refractivity contribution in [3.63, 3.8) is 0 Å². The molecule has 2 heterocycles. The van der Waals surface area contributed by atoms with Crippen molar-refractivity contribution in [1.29, 1.82) is 0 Å². The second-order valence-corrected chi connectivity index (χ2v) is 9.47. The zero-order valence-corrected chi connectivity index (χ0v) is 21.4. The SMILES string of the molecule is CC(=O)C1CCC(n2cc(N)c(C(F)F)n2)CC1.Nc1cn(C2CCC(CO)CC2)nc1C(F)F.[2H][3H].[B].[H-].[Li+]. The molecule has 0 atom stereocenters. The van der Waals surface area contributed by atoms with Gasteiger partial charge in [-0.15, -0.1) is 0 Å². The van der Waals surface area contributed by atoms with E-state index in [1.165, 1.54) is 17.1 Å². The number of hydrogen-bond acceptors (Lipinski definition) is 6. The normalized spacial score (nSPS) is 23.8. The van der Waals surface area contributed by atoms with Crippen molar-refractivity contribution in [2.24, 2.45) is 11.8 Å². The van der Waals surface area contributed by atoms with E-state index >= 15 is 0 Å². The predicted molar refractivity (Wildman–Crippen MR) is 132 cm³/mol. The summed E-state index contributed by atoms with van der Waals surface area (Å²) < 4.78 is 63.3. The number of nitrogen functional groups attached to an aromatic ring is 2. The van der Waals surface area contributed by atoms with E-state index < -0.39 is 12.9 Å². The van der Waals surface area contributed by atoms with Gasteiger partial charge in [-0.25, -0.2) is 17.6 Å². The van der Waals surface area contributed by atoms with Crippen LogP contribution in [-0.2, 0) is 4.79 Å². The molecule has 0 aromatic carbocycles. The van der Waals surface area contributed by atoms with Crippen LogP contribution in [0, 0.1) is 11.8 Å². The van der Waals surface area contributed by atoms with E-state index in [1.807, 2.05) is 0 Å². The molecule has 203 valence electrons. The number of alkyl halides is 4. The minimum Gasteiger partial charge on any atom is -1.00 e. The number of Topliss-reactive ketones (excluding diaryl/α,β-unsaturated/α-hetero) is 1. The van der Waals surface area contributed by atoms with Crippen LogP contribution in [0.4, 0.5) is 28.9 Å². The fourth-order valence-corrected chi connectivity index (χ4v) is 4.89. The average molecular weight is 526 g/mol. The Bertz CT molecular complexity index is 992. The first kappa shape index (κ1) is 31.3. The summed E-state index contributed by atoms with van der Waals surface area (Å²) in [4.78, 5) is 11.2. The molecule has 0 spiro atoms. The summed E-state index contributed by atoms with van der Waals surface area (Å²) in [5.74, 6) is 0.666. The summed E-state index contributed by atoms with van der Waals surface area (Å²) in [5.41, 5.74) is 10.4.